The first-order valence-electron chi connectivity index (χ1n) is 9.13. The van der Waals surface area contributed by atoms with Crippen LogP contribution >= 0.6 is 11.3 Å². The Morgan fingerprint density at radius 2 is 2.00 bits per heavy atom. The van der Waals surface area contributed by atoms with Gasteiger partial charge >= 0.3 is 0 Å². The third kappa shape index (κ3) is 5.82. The summed E-state index contributed by atoms with van der Waals surface area (Å²) >= 11 is 1.48. The largest absolute Gasteiger partial charge is 0.325 e. The van der Waals surface area contributed by atoms with Crippen molar-refractivity contribution in [2.75, 3.05) is 36.8 Å². The Hall–Kier alpha value is -2.36. The Labute approximate surface area is 167 Å². The summed E-state index contributed by atoms with van der Waals surface area (Å²) in [4.78, 5) is 33.1. The maximum absolute atomic E-state index is 12.9. The molecule has 1 aliphatic heterocycles. The number of piperazine rings is 1. The third-order valence-electron chi connectivity index (χ3n) is 4.54. The number of hydrogen-bond donors (Lipinski definition) is 2. The van der Waals surface area contributed by atoms with Crippen LogP contribution in [0.1, 0.15) is 18.7 Å². The van der Waals surface area contributed by atoms with E-state index in [9.17, 15) is 14.0 Å². The zero-order valence-corrected chi connectivity index (χ0v) is 16.8. The molecule has 0 aliphatic carbocycles. The average Bonchev–Trinajstić information content (AvgIpc) is 3.05. The van der Waals surface area contributed by atoms with E-state index >= 15 is 0 Å². The first-order chi connectivity index (χ1) is 13.4. The number of amides is 2. The zero-order valence-electron chi connectivity index (χ0n) is 15.9. The molecule has 1 saturated heterocycles. The number of anilines is 2. The molecule has 9 heteroatoms. The summed E-state index contributed by atoms with van der Waals surface area (Å²) in [6.07, 6.45) is 1.80. The lowest BCUT2D eigenvalue weighted by atomic mass is 10.2. The van der Waals surface area contributed by atoms with Gasteiger partial charge in [0, 0.05) is 55.9 Å². The molecule has 1 aromatic heterocycles. The molecule has 2 amide bonds. The van der Waals surface area contributed by atoms with Gasteiger partial charge in [0.15, 0.2) is 5.13 Å². The van der Waals surface area contributed by atoms with Gasteiger partial charge in [0.25, 0.3) is 0 Å². The van der Waals surface area contributed by atoms with Crippen molar-refractivity contribution in [3.63, 3.8) is 0 Å². The molecule has 28 heavy (non-hydrogen) atoms. The first kappa shape index (κ1) is 20.4. The van der Waals surface area contributed by atoms with Crippen LogP contribution in [0.2, 0.25) is 0 Å². The molecule has 1 fully saturated rings. The number of carbonyl (C=O) groups excluding carboxylic acids is 2. The van der Waals surface area contributed by atoms with Crippen molar-refractivity contribution in [2.24, 2.45) is 0 Å². The highest BCUT2D eigenvalue weighted by Crippen LogP contribution is 2.22. The number of hydrogen-bond acceptors (Lipinski definition) is 6. The second kappa shape index (κ2) is 9.22. The van der Waals surface area contributed by atoms with Crippen LogP contribution in [0.4, 0.5) is 15.2 Å². The summed E-state index contributed by atoms with van der Waals surface area (Å²) < 4.78 is 12.9. The van der Waals surface area contributed by atoms with Crippen LogP contribution < -0.4 is 10.6 Å². The fourth-order valence-corrected chi connectivity index (χ4v) is 4.06. The minimum atomic E-state index is -0.326. The van der Waals surface area contributed by atoms with Gasteiger partial charge in [0.1, 0.15) is 5.82 Å². The Morgan fingerprint density at radius 3 is 2.68 bits per heavy atom. The standard InChI is InChI=1S/C19H24FN5O2S/c1-13-10-24(12-18(27)23-16-5-3-15(20)4-6-16)7-8-25(13)11-17-9-21-19(28-17)22-14(2)26/h3-6,9,13H,7-8,10-12H2,1-2H3,(H,23,27)(H,21,22,26). The molecule has 1 aliphatic rings. The molecule has 3 rings (SSSR count). The van der Waals surface area contributed by atoms with Gasteiger partial charge in [0.2, 0.25) is 11.8 Å². The summed E-state index contributed by atoms with van der Waals surface area (Å²) in [6.45, 7) is 7.11. The van der Waals surface area contributed by atoms with E-state index in [2.05, 4.69) is 32.3 Å². The highest BCUT2D eigenvalue weighted by Gasteiger charge is 2.25. The van der Waals surface area contributed by atoms with Crippen molar-refractivity contribution in [1.29, 1.82) is 0 Å². The highest BCUT2D eigenvalue weighted by molar-refractivity contribution is 7.15. The van der Waals surface area contributed by atoms with Crippen molar-refractivity contribution in [1.82, 2.24) is 14.8 Å². The van der Waals surface area contributed by atoms with Crippen LogP contribution in [0.5, 0.6) is 0 Å². The van der Waals surface area contributed by atoms with E-state index < -0.39 is 0 Å². The maximum Gasteiger partial charge on any atom is 0.238 e. The summed E-state index contributed by atoms with van der Waals surface area (Å²) in [5.74, 6) is -0.551. The number of aromatic nitrogens is 1. The van der Waals surface area contributed by atoms with Crippen molar-refractivity contribution in [3.8, 4) is 0 Å². The molecule has 2 heterocycles. The number of thiazole rings is 1. The van der Waals surface area contributed by atoms with Crippen molar-refractivity contribution < 1.29 is 14.0 Å². The Kier molecular flexibility index (Phi) is 6.71. The predicted molar refractivity (Wildman–Crippen MR) is 108 cm³/mol. The third-order valence-corrected chi connectivity index (χ3v) is 5.44. The molecular weight excluding hydrogens is 381 g/mol. The molecule has 0 radical (unpaired) electrons. The van der Waals surface area contributed by atoms with Gasteiger partial charge in [-0.2, -0.15) is 0 Å². The molecule has 7 nitrogen and oxygen atoms in total. The van der Waals surface area contributed by atoms with Crippen LogP contribution in [0.3, 0.4) is 0 Å². The van der Waals surface area contributed by atoms with Crippen LogP contribution in [0.25, 0.3) is 0 Å². The minimum absolute atomic E-state index is 0.102. The van der Waals surface area contributed by atoms with Gasteiger partial charge in [-0.15, -0.1) is 11.3 Å². The minimum Gasteiger partial charge on any atom is -0.325 e. The quantitative estimate of drug-likeness (QED) is 0.772. The van der Waals surface area contributed by atoms with E-state index in [1.54, 1.807) is 18.3 Å². The summed E-state index contributed by atoms with van der Waals surface area (Å²) in [6, 6.07) is 6.05. The van der Waals surface area contributed by atoms with E-state index in [4.69, 9.17) is 0 Å². The maximum atomic E-state index is 12.9. The summed E-state index contributed by atoms with van der Waals surface area (Å²) in [5, 5.41) is 6.12. The number of nitrogens with one attached hydrogen (secondary N) is 2. The second-order valence-corrected chi connectivity index (χ2v) is 8.04. The Balaban J connectivity index is 1.46. The van der Waals surface area contributed by atoms with Crippen molar-refractivity contribution in [3.05, 3.63) is 41.2 Å². The lowest BCUT2D eigenvalue weighted by Gasteiger charge is -2.39. The van der Waals surface area contributed by atoms with E-state index in [-0.39, 0.29) is 17.6 Å². The second-order valence-electron chi connectivity index (χ2n) is 6.92. The molecule has 1 unspecified atom stereocenters. The van der Waals surface area contributed by atoms with E-state index in [0.29, 0.717) is 23.4 Å². The summed E-state index contributed by atoms with van der Waals surface area (Å²) in [5.41, 5.74) is 0.596. The fourth-order valence-electron chi connectivity index (χ4n) is 3.18. The van der Waals surface area contributed by atoms with Crippen LogP contribution in [0.15, 0.2) is 30.5 Å². The molecule has 0 saturated carbocycles. The molecule has 0 bridgehead atoms. The van der Waals surface area contributed by atoms with E-state index in [0.717, 1.165) is 31.1 Å². The topological polar surface area (TPSA) is 77.6 Å². The number of rotatable bonds is 6. The monoisotopic (exact) mass is 405 g/mol. The predicted octanol–water partition coefficient (Wildman–Crippen LogP) is 2.39. The van der Waals surface area contributed by atoms with E-state index in [1.807, 2.05) is 0 Å². The molecule has 2 N–H and O–H groups in total. The highest BCUT2D eigenvalue weighted by atomic mass is 32.1. The first-order valence-corrected chi connectivity index (χ1v) is 9.95. The Morgan fingerprint density at radius 1 is 1.25 bits per heavy atom. The smallest absolute Gasteiger partial charge is 0.238 e. The van der Waals surface area contributed by atoms with Gasteiger partial charge in [-0.1, -0.05) is 0 Å². The SMILES string of the molecule is CC(=O)Nc1ncc(CN2CCN(CC(=O)Nc3ccc(F)cc3)CC2C)s1. The van der Waals surface area contributed by atoms with Gasteiger partial charge in [-0.05, 0) is 31.2 Å². The van der Waals surface area contributed by atoms with Gasteiger partial charge in [0.05, 0.1) is 6.54 Å². The zero-order chi connectivity index (χ0) is 20.1. The average molecular weight is 405 g/mol. The lowest BCUT2D eigenvalue weighted by Crippen LogP contribution is -2.52. The molecule has 2 aromatic rings. The molecule has 150 valence electrons. The molecule has 1 aromatic carbocycles. The number of carbonyl (C=O) groups is 2. The fraction of sp³-hybridized carbons (Fsp3) is 0.421. The van der Waals surface area contributed by atoms with Crippen molar-refractivity contribution >= 4 is 34.0 Å². The number of nitrogens with zero attached hydrogens (tertiary/aromatic N) is 3. The number of benzene rings is 1. The van der Waals surface area contributed by atoms with Crippen LogP contribution in [-0.2, 0) is 16.1 Å². The molecule has 1 atom stereocenters. The Bertz CT molecular complexity index is 826. The summed E-state index contributed by atoms with van der Waals surface area (Å²) in [7, 11) is 0. The number of halogens is 1. The molecule has 0 spiro atoms. The van der Waals surface area contributed by atoms with Gasteiger partial charge in [-0.25, -0.2) is 9.37 Å². The van der Waals surface area contributed by atoms with Crippen molar-refractivity contribution in [2.45, 2.75) is 26.4 Å². The van der Waals surface area contributed by atoms with Gasteiger partial charge < -0.3 is 10.6 Å². The molecular formula is C19H24FN5O2S. The van der Waals surface area contributed by atoms with Crippen LogP contribution in [0, 0.1) is 5.82 Å². The van der Waals surface area contributed by atoms with E-state index in [1.165, 1.54) is 30.4 Å². The normalized spacial score (nSPS) is 18.0. The van der Waals surface area contributed by atoms with Crippen LogP contribution in [-0.4, -0.2) is 58.8 Å². The van der Waals surface area contributed by atoms with Gasteiger partial charge in [-0.3, -0.25) is 19.4 Å². The lowest BCUT2D eigenvalue weighted by molar-refractivity contribution is -0.118.